The highest BCUT2D eigenvalue weighted by Crippen LogP contribution is 2.28. The zero-order valence-corrected chi connectivity index (χ0v) is 12.4. The van der Waals surface area contributed by atoms with E-state index < -0.39 is 0 Å². The van der Waals surface area contributed by atoms with Crippen LogP contribution in [0.25, 0.3) is 10.9 Å². The molecule has 0 saturated carbocycles. The predicted molar refractivity (Wildman–Crippen MR) is 78.2 cm³/mol. The molecule has 2 aromatic rings. The van der Waals surface area contributed by atoms with Crippen molar-refractivity contribution in [1.29, 1.82) is 0 Å². The van der Waals surface area contributed by atoms with Gasteiger partial charge in [0.15, 0.2) is 5.43 Å². The Bertz CT molecular complexity index is 720. The van der Waals surface area contributed by atoms with Gasteiger partial charge < -0.3 is 4.98 Å². The van der Waals surface area contributed by atoms with Crippen molar-refractivity contribution in [3.8, 4) is 0 Å². The summed E-state index contributed by atoms with van der Waals surface area (Å²) in [5.41, 5.74) is 3.41. The van der Waals surface area contributed by atoms with Gasteiger partial charge in [0.05, 0.1) is 15.4 Å². The van der Waals surface area contributed by atoms with E-state index >= 15 is 0 Å². The van der Waals surface area contributed by atoms with Crippen LogP contribution in [0.4, 0.5) is 4.39 Å². The maximum atomic E-state index is 13.8. The van der Waals surface area contributed by atoms with Gasteiger partial charge in [-0.1, -0.05) is 6.42 Å². The van der Waals surface area contributed by atoms with Crippen LogP contribution in [0.2, 0.25) is 0 Å². The Morgan fingerprint density at radius 1 is 1.26 bits per heavy atom. The summed E-state index contributed by atoms with van der Waals surface area (Å²) in [5, 5.41) is 0.457. The Morgan fingerprint density at radius 3 is 2.79 bits per heavy atom. The summed E-state index contributed by atoms with van der Waals surface area (Å²) in [6, 6.07) is 1.46. The fraction of sp³-hybridized carbons (Fsp3) is 0.400. The van der Waals surface area contributed by atoms with E-state index in [1.165, 1.54) is 6.07 Å². The van der Waals surface area contributed by atoms with Gasteiger partial charge in [0.25, 0.3) is 0 Å². The highest BCUT2D eigenvalue weighted by atomic mass is 79.9. The lowest BCUT2D eigenvalue weighted by atomic mass is 10.0. The molecule has 1 aliphatic carbocycles. The average molecular weight is 324 g/mol. The molecule has 1 aliphatic rings. The minimum absolute atomic E-state index is 0.0138. The van der Waals surface area contributed by atoms with Crippen LogP contribution < -0.4 is 5.43 Å². The molecule has 0 bridgehead atoms. The number of hydrogen-bond donors (Lipinski definition) is 1. The average Bonchev–Trinajstić information content (AvgIpc) is 2.61. The Hall–Kier alpha value is -1.16. The molecule has 100 valence electrons. The first-order valence-corrected chi connectivity index (χ1v) is 7.41. The second-order valence-electron chi connectivity index (χ2n) is 5.21. The Balaban J connectivity index is 2.44. The summed E-state index contributed by atoms with van der Waals surface area (Å²) < 4.78 is 14.1. The standard InChI is InChI=1S/C15H15BrFNO/c1-8-7-10(17)13(16)12-14(8)18-11-6-4-2-3-5-9(11)15(12)19/h7H,2-6H2,1H3,(H,18,19). The van der Waals surface area contributed by atoms with Crippen LogP contribution in [0, 0.1) is 12.7 Å². The molecule has 1 aromatic heterocycles. The van der Waals surface area contributed by atoms with E-state index in [1.54, 1.807) is 0 Å². The van der Waals surface area contributed by atoms with E-state index in [0.717, 1.165) is 54.4 Å². The van der Waals surface area contributed by atoms with Crippen molar-refractivity contribution in [3.05, 3.63) is 43.4 Å². The topological polar surface area (TPSA) is 32.9 Å². The van der Waals surface area contributed by atoms with Crippen LogP contribution in [0.1, 0.15) is 36.1 Å². The third kappa shape index (κ3) is 2.02. The monoisotopic (exact) mass is 323 g/mol. The smallest absolute Gasteiger partial charge is 0.194 e. The minimum atomic E-state index is -0.371. The predicted octanol–water partition coefficient (Wildman–Crippen LogP) is 4.01. The van der Waals surface area contributed by atoms with E-state index in [9.17, 15) is 9.18 Å². The molecule has 0 atom stereocenters. The molecule has 4 heteroatoms. The quantitative estimate of drug-likeness (QED) is 0.730. The number of nitrogens with one attached hydrogen (secondary N) is 1. The maximum absolute atomic E-state index is 13.8. The number of pyridine rings is 1. The molecule has 0 radical (unpaired) electrons. The number of fused-ring (bicyclic) bond motifs is 2. The van der Waals surface area contributed by atoms with Gasteiger partial charge in [-0.15, -0.1) is 0 Å². The second-order valence-corrected chi connectivity index (χ2v) is 6.00. The summed E-state index contributed by atoms with van der Waals surface area (Å²) in [6.07, 6.45) is 4.99. The number of halogens is 2. The molecule has 1 heterocycles. The van der Waals surface area contributed by atoms with Crippen molar-refractivity contribution in [1.82, 2.24) is 4.98 Å². The van der Waals surface area contributed by atoms with E-state index in [1.807, 2.05) is 6.92 Å². The van der Waals surface area contributed by atoms with Crippen LogP contribution in [0.5, 0.6) is 0 Å². The molecule has 1 N–H and O–H groups in total. The van der Waals surface area contributed by atoms with Crippen LogP contribution in [-0.4, -0.2) is 4.98 Å². The fourth-order valence-corrected chi connectivity index (χ4v) is 3.39. The normalized spacial score (nSPS) is 15.3. The Morgan fingerprint density at radius 2 is 2.00 bits per heavy atom. The minimum Gasteiger partial charge on any atom is -0.358 e. The van der Waals surface area contributed by atoms with Gasteiger partial charge in [0, 0.05) is 11.3 Å². The van der Waals surface area contributed by atoms with Crippen LogP contribution in [0.3, 0.4) is 0 Å². The molecule has 0 unspecified atom stereocenters. The summed E-state index contributed by atoms with van der Waals surface area (Å²) in [4.78, 5) is 16.0. The molecule has 0 spiro atoms. The summed E-state index contributed by atoms with van der Waals surface area (Å²) in [7, 11) is 0. The van der Waals surface area contributed by atoms with Crippen molar-refractivity contribution in [3.63, 3.8) is 0 Å². The van der Waals surface area contributed by atoms with Crippen LogP contribution >= 0.6 is 15.9 Å². The van der Waals surface area contributed by atoms with Gasteiger partial charge >= 0.3 is 0 Å². The number of aryl methyl sites for hydroxylation is 2. The van der Waals surface area contributed by atoms with Crippen molar-refractivity contribution < 1.29 is 4.39 Å². The second kappa shape index (κ2) is 4.75. The Kier molecular flexibility index (Phi) is 3.21. The lowest BCUT2D eigenvalue weighted by Crippen LogP contribution is -2.15. The van der Waals surface area contributed by atoms with Crippen LogP contribution in [-0.2, 0) is 12.8 Å². The first-order valence-electron chi connectivity index (χ1n) is 6.62. The Labute approximate surface area is 119 Å². The summed E-state index contributed by atoms with van der Waals surface area (Å²) in [5.74, 6) is -0.371. The van der Waals surface area contributed by atoms with E-state index in [0.29, 0.717) is 5.39 Å². The van der Waals surface area contributed by atoms with Gasteiger partial charge in [0.1, 0.15) is 5.82 Å². The van der Waals surface area contributed by atoms with Gasteiger partial charge in [-0.05, 0) is 60.2 Å². The zero-order chi connectivity index (χ0) is 13.6. The number of rotatable bonds is 0. The lowest BCUT2D eigenvalue weighted by Gasteiger charge is -2.11. The SMILES string of the molecule is Cc1cc(F)c(Br)c2c(=O)c3c([nH]c12)CCCCC3. The largest absolute Gasteiger partial charge is 0.358 e. The number of aromatic amines is 1. The third-order valence-corrected chi connectivity index (χ3v) is 4.69. The number of hydrogen-bond acceptors (Lipinski definition) is 1. The van der Waals surface area contributed by atoms with E-state index in [2.05, 4.69) is 20.9 Å². The van der Waals surface area contributed by atoms with Gasteiger partial charge in [-0.2, -0.15) is 0 Å². The lowest BCUT2D eigenvalue weighted by molar-refractivity contribution is 0.622. The molecule has 1 aromatic carbocycles. The number of H-pyrrole nitrogens is 1. The van der Waals surface area contributed by atoms with Crippen molar-refractivity contribution in [2.45, 2.75) is 39.0 Å². The molecule has 19 heavy (non-hydrogen) atoms. The molecule has 3 rings (SSSR count). The summed E-state index contributed by atoms with van der Waals surface area (Å²) >= 11 is 3.22. The van der Waals surface area contributed by atoms with Crippen molar-refractivity contribution >= 4 is 26.8 Å². The summed E-state index contributed by atoms with van der Waals surface area (Å²) in [6.45, 7) is 1.83. The van der Waals surface area contributed by atoms with E-state index in [-0.39, 0.29) is 15.7 Å². The van der Waals surface area contributed by atoms with Gasteiger partial charge in [-0.25, -0.2) is 4.39 Å². The fourth-order valence-electron chi connectivity index (χ4n) is 2.90. The highest BCUT2D eigenvalue weighted by molar-refractivity contribution is 9.10. The molecule has 0 fully saturated rings. The van der Waals surface area contributed by atoms with Crippen molar-refractivity contribution in [2.24, 2.45) is 0 Å². The highest BCUT2D eigenvalue weighted by Gasteiger charge is 2.18. The molecule has 0 saturated heterocycles. The van der Waals surface area contributed by atoms with Gasteiger partial charge in [0.2, 0.25) is 0 Å². The first-order chi connectivity index (χ1) is 9.09. The zero-order valence-electron chi connectivity index (χ0n) is 10.8. The van der Waals surface area contributed by atoms with Crippen molar-refractivity contribution in [2.75, 3.05) is 0 Å². The number of benzene rings is 1. The molecular formula is C15H15BrFNO. The molecule has 2 nitrogen and oxygen atoms in total. The first kappa shape index (κ1) is 12.9. The third-order valence-electron chi connectivity index (χ3n) is 3.91. The van der Waals surface area contributed by atoms with Crippen LogP contribution in [0.15, 0.2) is 15.3 Å². The molecule has 0 aliphatic heterocycles. The molecule has 0 amide bonds. The molecular weight excluding hydrogens is 309 g/mol. The van der Waals surface area contributed by atoms with Gasteiger partial charge in [-0.3, -0.25) is 4.79 Å². The maximum Gasteiger partial charge on any atom is 0.194 e. The van der Waals surface area contributed by atoms with E-state index in [4.69, 9.17) is 0 Å². The number of aromatic nitrogens is 1.